The fourth-order valence-electron chi connectivity index (χ4n) is 3.64. The van der Waals surface area contributed by atoms with E-state index in [0.717, 1.165) is 30.0 Å². The van der Waals surface area contributed by atoms with Gasteiger partial charge in [0.1, 0.15) is 11.5 Å². The molecule has 0 saturated carbocycles. The average Bonchev–Trinajstić information content (AvgIpc) is 2.89. The van der Waals surface area contributed by atoms with E-state index in [2.05, 4.69) is 17.2 Å². The van der Waals surface area contributed by atoms with Crippen molar-refractivity contribution in [1.82, 2.24) is 0 Å². The van der Waals surface area contributed by atoms with Gasteiger partial charge in [-0.05, 0) is 73.5 Å². The molecule has 0 amide bonds. The van der Waals surface area contributed by atoms with E-state index < -0.39 is 5.97 Å². The molecule has 0 saturated heterocycles. The third-order valence-electron chi connectivity index (χ3n) is 5.78. The zero-order chi connectivity index (χ0) is 24.7. The molecule has 0 heterocycles. The first kappa shape index (κ1) is 26.1. The summed E-state index contributed by atoms with van der Waals surface area (Å²) in [5, 5.41) is 8.54. The van der Waals surface area contributed by atoms with Gasteiger partial charge in [-0.1, -0.05) is 70.1 Å². The lowest BCUT2D eigenvalue weighted by Gasteiger charge is -2.07. The molecule has 3 aromatic carbocycles. The van der Waals surface area contributed by atoms with E-state index in [4.69, 9.17) is 9.47 Å². The zero-order valence-corrected chi connectivity index (χ0v) is 20.9. The summed E-state index contributed by atoms with van der Waals surface area (Å²) in [7, 11) is 0. The Labute approximate surface area is 209 Å². The third-order valence-corrected chi connectivity index (χ3v) is 5.78. The fourth-order valence-corrected chi connectivity index (χ4v) is 3.64. The van der Waals surface area contributed by atoms with Gasteiger partial charge in [0.2, 0.25) is 0 Å². The largest absolute Gasteiger partial charge is 0.494 e. The van der Waals surface area contributed by atoms with E-state index >= 15 is 0 Å². The maximum absolute atomic E-state index is 12.4. The van der Waals surface area contributed by atoms with E-state index in [9.17, 15) is 4.79 Å². The summed E-state index contributed by atoms with van der Waals surface area (Å²) in [5.41, 5.74) is 2.78. The summed E-state index contributed by atoms with van der Waals surface area (Å²) < 4.78 is 11.3. The molecule has 0 fully saturated rings. The number of rotatable bonds is 14. The predicted octanol–water partition coefficient (Wildman–Crippen LogP) is 9.15. The maximum Gasteiger partial charge on any atom is 0.343 e. The molecule has 5 heteroatoms. The van der Waals surface area contributed by atoms with Crippen LogP contribution in [-0.2, 0) is 0 Å². The summed E-state index contributed by atoms with van der Waals surface area (Å²) in [6.07, 6.45) is 10.3. The highest BCUT2D eigenvalue weighted by Gasteiger charge is 2.09. The van der Waals surface area contributed by atoms with Crippen LogP contribution >= 0.6 is 0 Å². The third kappa shape index (κ3) is 9.36. The lowest BCUT2D eigenvalue weighted by Crippen LogP contribution is -2.08. The number of hydrogen-bond donors (Lipinski definition) is 0. The Hall–Kier alpha value is -3.47. The number of unbranched alkanes of at least 4 members (excludes halogenated alkanes) is 7. The van der Waals surface area contributed by atoms with Crippen LogP contribution in [0.3, 0.4) is 0 Å². The molecule has 5 nitrogen and oxygen atoms in total. The van der Waals surface area contributed by atoms with Crippen LogP contribution in [0.4, 0.5) is 11.4 Å². The van der Waals surface area contributed by atoms with E-state index in [1.165, 1.54) is 44.9 Å². The Morgan fingerprint density at radius 3 is 1.91 bits per heavy atom. The molecule has 0 aliphatic rings. The molecule has 3 rings (SSSR count). The topological polar surface area (TPSA) is 60.2 Å². The van der Waals surface area contributed by atoms with Crippen molar-refractivity contribution < 1.29 is 14.3 Å². The zero-order valence-electron chi connectivity index (χ0n) is 20.9. The van der Waals surface area contributed by atoms with Crippen LogP contribution < -0.4 is 9.47 Å². The fraction of sp³-hybridized carbons (Fsp3) is 0.367. The van der Waals surface area contributed by atoms with Crippen LogP contribution in [0, 0.1) is 6.92 Å². The highest BCUT2D eigenvalue weighted by molar-refractivity contribution is 5.91. The maximum atomic E-state index is 12.4. The Balaban J connectivity index is 1.39. The molecule has 184 valence electrons. The number of nitrogens with zero attached hydrogens (tertiary/aromatic N) is 2. The van der Waals surface area contributed by atoms with Crippen LogP contribution in [0.5, 0.6) is 11.5 Å². The molecule has 0 atom stereocenters. The molecule has 0 aliphatic heterocycles. The number of carbonyl (C=O) groups is 1. The SMILES string of the molecule is CCCCCCCCCCOc1ccc(N=Nc2ccc(C(=O)Oc3ccccc3C)cc2)cc1. The lowest BCUT2D eigenvalue weighted by molar-refractivity contribution is 0.0733. The number of ether oxygens (including phenoxy) is 2. The highest BCUT2D eigenvalue weighted by Crippen LogP contribution is 2.23. The number of hydrogen-bond acceptors (Lipinski definition) is 5. The number of carbonyl (C=O) groups excluding carboxylic acids is 1. The van der Waals surface area contributed by atoms with Crippen LogP contribution in [0.25, 0.3) is 0 Å². The standard InChI is InChI=1S/C30H36N2O3/c1-3-4-5-6-7-8-9-12-23-34-28-21-19-27(20-22-28)32-31-26-17-15-25(16-18-26)30(33)35-29-14-11-10-13-24(29)2/h10-11,13-22H,3-9,12,23H2,1-2H3. The molecule has 0 spiro atoms. The first-order chi connectivity index (χ1) is 17.2. The molecule has 0 bridgehead atoms. The van der Waals surface area contributed by atoms with Gasteiger partial charge in [-0.15, -0.1) is 0 Å². The molecular formula is C30H36N2O3. The van der Waals surface area contributed by atoms with E-state index in [0.29, 0.717) is 17.0 Å². The Bertz CT molecular complexity index is 1060. The smallest absolute Gasteiger partial charge is 0.343 e. The summed E-state index contributed by atoms with van der Waals surface area (Å²) in [6.45, 7) is 4.90. The molecular weight excluding hydrogens is 436 g/mol. The van der Waals surface area contributed by atoms with Gasteiger partial charge in [-0.3, -0.25) is 0 Å². The number of esters is 1. The van der Waals surface area contributed by atoms with Crippen molar-refractivity contribution in [3.63, 3.8) is 0 Å². The second-order valence-electron chi connectivity index (χ2n) is 8.72. The monoisotopic (exact) mass is 472 g/mol. The Kier molecular flexibility index (Phi) is 11.0. The second kappa shape index (κ2) is 14.7. The van der Waals surface area contributed by atoms with E-state index in [1.54, 1.807) is 30.3 Å². The highest BCUT2D eigenvalue weighted by atomic mass is 16.5. The minimum absolute atomic E-state index is 0.398. The van der Waals surface area contributed by atoms with E-state index in [1.807, 2.05) is 49.4 Å². The van der Waals surface area contributed by atoms with Gasteiger partial charge in [-0.2, -0.15) is 10.2 Å². The van der Waals surface area contributed by atoms with Crippen LogP contribution in [0.15, 0.2) is 83.0 Å². The van der Waals surface area contributed by atoms with Gasteiger partial charge in [-0.25, -0.2) is 4.79 Å². The van der Waals surface area contributed by atoms with Gasteiger partial charge in [0, 0.05) is 0 Å². The van der Waals surface area contributed by atoms with Crippen molar-refractivity contribution in [3.05, 3.63) is 83.9 Å². The van der Waals surface area contributed by atoms with Gasteiger partial charge in [0.25, 0.3) is 0 Å². The molecule has 3 aromatic rings. The molecule has 0 unspecified atom stereocenters. The minimum Gasteiger partial charge on any atom is -0.494 e. The Morgan fingerprint density at radius 1 is 0.714 bits per heavy atom. The summed E-state index contributed by atoms with van der Waals surface area (Å²) in [6, 6.07) is 21.9. The minimum atomic E-state index is -0.398. The first-order valence-corrected chi connectivity index (χ1v) is 12.7. The summed E-state index contributed by atoms with van der Waals surface area (Å²) >= 11 is 0. The average molecular weight is 473 g/mol. The first-order valence-electron chi connectivity index (χ1n) is 12.7. The van der Waals surface area contributed by atoms with Gasteiger partial charge in [0.15, 0.2) is 0 Å². The van der Waals surface area contributed by atoms with Crippen LogP contribution in [0.2, 0.25) is 0 Å². The summed E-state index contributed by atoms with van der Waals surface area (Å²) in [4.78, 5) is 12.4. The van der Waals surface area contributed by atoms with Gasteiger partial charge in [0.05, 0.1) is 23.5 Å². The van der Waals surface area contributed by atoms with Crippen molar-refractivity contribution in [2.75, 3.05) is 6.61 Å². The number of aryl methyl sites for hydroxylation is 1. The molecule has 0 N–H and O–H groups in total. The van der Waals surface area contributed by atoms with Crippen molar-refractivity contribution in [1.29, 1.82) is 0 Å². The number of benzene rings is 3. The second-order valence-corrected chi connectivity index (χ2v) is 8.72. The Morgan fingerprint density at radius 2 is 1.29 bits per heavy atom. The van der Waals surface area contributed by atoms with Crippen molar-refractivity contribution in [2.24, 2.45) is 10.2 Å². The predicted molar refractivity (Wildman–Crippen MR) is 141 cm³/mol. The van der Waals surface area contributed by atoms with E-state index in [-0.39, 0.29) is 0 Å². The summed E-state index contributed by atoms with van der Waals surface area (Å²) in [5.74, 6) is 1.01. The van der Waals surface area contributed by atoms with Crippen molar-refractivity contribution >= 4 is 17.3 Å². The van der Waals surface area contributed by atoms with Crippen LogP contribution in [0.1, 0.15) is 74.2 Å². The molecule has 0 aromatic heterocycles. The van der Waals surface area contributed by atoms with Gasteiger partial charge < -0.3 is 9.47 Å². The van der Waals surface area contributed by atoms with Gasteiger partial charge >= 0.3 is 5.97 Å². The quantitative estimate of drug-likeness (QED) is 0.102. The molecule has 0 radical (unpaired) electrons. The number of azo groups is 1. The number of para-hydroxylation sites is 1. The van der Waals surface area contributed by atoms with Crippen molar-refractivity contribution in [3.8, 4) is 11.5 Å². The normalized spacial score (nSPS) is 11.0. The lowest BCUT2D eigenvalue weighted by atomic mass is 10.1. The van der Waals surface area contributed by atoms with Crippen molar-refractivity contribution in [2.45, 2.75) is 65.2 Å². The molecule has 35 heavy (non-hydrogen) atoms. The van der Waals surface area contributed by atoms with Crippen LogP contribution in [-0.4, -0.2) is 12.6 Å². The molecule has 0 aliphatic carbocycles.